The van der Waals surface area contributed by atoms with E-state index in [9.17, 15) is 5.11 Å². The van der Waals surface area contributed by atoms with Crippen LogP contribution in [0.3, 0.4) is 0 Å². The van der Waals surface area contributed by atoms with Gasteiger partial charge in [-0.15, -0.1) is 0 Å². The predicted molar refractivity (Wildman–Crippen MR) is 79.4 cm³/mol. The molecule has 2 rings (SSSR count). The fraction of sp³-hybridized carbons (Fsp3) is 0.625. The molecule has 1 saturated heterocycles. The first-order valence-electron chi connectivity index (χ1n) is 7.40. The molecule has 1 heterocycles. The lowest BCUT2D eigenvalue weighted by atomic mass is 9.95. The Morgan fingerprint density at radius 2 is 1.89 bits per heavy atom. The number of hydrogen-bond donors (Lipinski definition) is 2. The van der Waals surface area contributed by atoms with Crippen molar-refractivity contribution < 1.29 is 5.11 Å². The van der Waals surface area contributed by atoms with E-state index < -0.39 is 0 Å². The maximum absolute atomic E-state index is 9.39. The number of piperidine rings is 1. The van der Waals surface area contributed by atoms with Crippen molar-refractivity contribution in [2.75, 3.05) is 26.7 Å². The van der Waals surface area contributed by atoms with E-state index in [1.807, 2.05) is 12.1 Å². The van der Waals surface area contributed by atoms with Gasteiger partial charge in [-0.2, -0.15) is 0 Å². The van der Waals surface area contributed by atoms with E-state index in [1.54, 1.807) is 12.1 Å². The number of aromatic hydroxyl groups is 1. The standard InChI is InChI=1S/C16H26N2O/c1-3-16(14-4-6-15(19)7-5-14)18(2)12-13-8-10-17-11-9-13/h4-7,13,16-17,19H,3,8-12H2,1-2H3. The quantitative estimate of drug-likeness (QED) is 0.856. The molecule has 1 aromatic rings. The number of benzene rings is 1. The maximum Gasteiger partial charge on any atom is 0.115 e. The van der Waals surface area contributed by atoms with Crippen LogP contribution < -0.4 is 5.32 Å². The first-order chi connectivity index (χ1) is 9.20. The molecule has 1 fully saturated rings. The molecule has 106 valence electrons. The molecule has 2 N–H and O–H groups in total. The van der Waals surface area contributed by atoms with Crippen molar-refractivity contribution in [3.63, 3.8) is 0 Å². The minimum Gasteiger partial charge on any atom is -0.508 e. The second-order valence-corrected chi connectivity index (χ2v) is 5.65. The summed E-state index contributed by atoms with van der Waals surface area (Å²) in [6, 6.07) is 8.12. The molecule has 19 heavy (non-hydrogen) atoms. The first-order valence-corrected chi connectivity index (χ1v) is 7.40. The lowest BCUT2D eigenvalue weighted by Crippen LogP contribution is -2.36. The SMILES string of the molecule is CCC(c1ccc(O)cc1)N(C)CC1CCNCC1. The predicted octanol–water partition coefficient (Wildman–Crippen LogP) is 2.77. The van der Waals surface area contributed by atoms with E-state index in [4.69, 9.17) is 0 Å². The van der Waals surface area contributed by atoms with Crippen LogP contribution >= 0.6 is 0 Å². The monoisotopic (exact) mass is 262 g/mol. The number of nitrogens with zero attached hydrogens (tertiary/aromatic N) is 1. The third kappa shape index (κ3) is 3.95. The van der Waals surface area contributed by atoms with E-state index in [0.717, 1.165) is 25.4 Å². The molecular weight excluding hydrogens is 236 g/mol. The minimum atomic E-state index is 0.347. The van der Waals surface area contributed by atoms with Crippen LogP contribution in [0.15, 0.2) is 24.3 Å². The average molecular weight is 262 g/mol. The summed E-state index contributed by atoms with van der Waals surface area (Å²) in [6.07, 6.45) is 3.68. The highest BCUT2D eigenvalue weighted by Crippen LogP contribution is 2.26. The van der Waals surface area contributed by atoms with Gasteiger partial charge in [0.25, 0.3) is 0 Å². The van der Waals surface area contributed by atoms with Gasteiger partial charge in [-0.25, -0.2) is 0 Å². The Hall–Kier alpha value is -1.06. The second-order valence-electron chi connectivity index (χ2n) is 5.65. The number of rotatable bonds is 5. The molecule has 1 aromatic carbocycles. The van der Waals surface area contributed by atoms with Crippen LogP contribution in [0.4, 0.5) is 0 Å². The van der Waals surface area contributed by atoms with Gasteiger partial charge in [-0.3, -0.25) is 4.90 Å². The Balaban J connectivity index is 1.97. The van der Waals surface area contributed by atoms with Gasteiger partial charge in [0.15, 0.2) is 0 Å². The normalized spacial score (nSPS) is 18.7. The van der Waals surface area contributed by atoms with Crippen LogP contribution in [0, 0.1) is 5.92 Å². The third-order valence-electron chi connectivity index (χ3n) is 4.20. The fourth-order valence-corrected chi connectivity index (χ4v) is 3.10. The smallest absolute Gasteiger partial charge is 0.115 e. The van der Waals surface area contributed by atoms with Crippen LogP contribution in [-0.2, 0) is 0 Å². The molecule has 1 atom stereocenters. The summed E-state index contributed by atoms with van der Waals surface area (Å²) in [7, 11) is 2.23. The van der Waals surface area contributed by atoms with Gasteiger partial charge in [-0.05, 0) is 63.0 Å². The van der Waals surface area contributed by atoms with Gasteiger partial charge >= 0.3 is 0 Å². The lowest BCUT2D eigenvalue weighted by Gasteiger charge is -2.33. The number of phenols is 1. The Kier molecular flexibility index (Phi) is 5.23. The van der Waals surface area contributed by atoms with Gasteiger partial charge in [0.1, 0.15) is 5.75 Å². The summed E-state index contributed by atoms with van der Waals surface area (Å²) in [4.78, 5) is 2.47. The highest BCUT2D eigenvalue weighted by atomic mass is 16.3. The molecule has 0 spiro atoms. The van der Waals surface area contributed by atoms with Crippen molar-refractivity contribution in [2.45, 2.75) is 32.2 Å². The lowest BCUT2D eigenvalue weighted by molar-refractivity contribution is 0.182. The molecule has 1 aliphatic rings. The van der Waals surface area contributed by atoms with Crippen LogP contribution in [0.2, 0.25) is 0 Å². The highest BCUT2D eigenvalue weighted by molar-refractivity contribution is 5.28. The van der Waals surface area contributed by atoms with E-state index in [-0.39, 0.29) is 0 Å². The van der Waals surface area contributed by atoms with Crippen molar-refractivity contribution in [1.82, 2.24) is 10.2 Å². The molecule has 3 heteroatoms. The van der Waals surface area contributed by atoms with Crippen molar-refractivity contribution in [2.24, 2.45) is 5.92 Å². The van der Waals surface area contributed by atoms with Gasteiger partial charge in [0.05, 0.1) is 0 Å². The number of nitrogens with one attached hydrogen (secondary N) is 1. The molecule has 1 aliphatic heterocycles. The summed E-state index contributed by atoms with van der Waals surface area (Å²) in [5.41, 5.74) is 1.30. The molecule has 1 unspecified atom stereocenters. The Morgan fingerprint density at radius 3 is 2.47 bits per heavy atom. The first kappa shape index (κ1) is 14.4. The van der Waals surface area contributed by atoms with Gasteiger partial charge in [0.2, 0.25) is 0 Å². The Bertz CT molecular complexity index is 371. The van der Waals surface area contributed by atoms with Gasteiger partial charge in [-0.1, -0.05) is 19.1 Å². The maximum atomic E-state index is 9.39. The summed E-state index contributed by atoms with van der Waals surface area (Å²) in [6.45, 7) is 5.72. The van der Waals surface area contributed by atoms with Crippen molar-refractivity contribution in [3.05, 3.63) is 29.8 Å². The zero-order valence-corrected chi connectivity index (χ0v) is 12.1. The summed E-state index contributed by atoms with van der Waals surface area (Å²) in [5, 5.41) is 12.8. The molecule has 0 radical (unpaired) electrons. The Labute approximate surface area is 116 Å². The molecule has 3 nitrogen and oxygen atoms in total. The zero-order chi connectivity index (χ0) is 13.7. The van der Waals surface area contributed by atoms with E-state index in [2.05, 4.69) is 24.2 Å². The number of hydrogen-bond acceptors (Lipinski definition) is 3. The minimum absolute atomic E-state index is 0.347. The second kappa shape index (κ2) is 6.92. The Morgan fingerprint density at radius 1 is 1.26 bits per heavy atom. The summed E-state index contributed by atoms with van der Waals surface area (Å²) in [5.74, 6) is 1.16. The highest BCUT2D eigenvalue weighted by Gasteiger charge is 2.20. The van der Waals surface area contributed by atoms with Crippen molar-refractivity contribution in [1.29, 1.82) is 0 Å². The molecule has 0 bridgehead atoms. The van der Waals surface area contributed by atoms with E-state index >= 15 is 0 Å². The molecule has 0 amide bonds. The van der Waals surface area contributed by atoms with Crippen LogP contribution in [-0.4, -0.2) is 36.7 Å². The summed E-state index contributed by atoms with van der Waals surface area (Å²) >= 11 is 0. The topological polar surface area (TPSA) is 35.5 Å². The van der Waals surface area contributed by atoms with Crippen LogP contribution in [0.5, 0.6) is 5.75 Å². The van der Waals surface area contributed by atoms with Gasteiger partial charge < -0.3 is 10.4 Å². The van der Waals surface area contributed by atoms with Crippen LogP contribution in [0.25, 0.3) is 0 Å². The molecule has 0 aliphatic carbocycles. The van der Waals surface area contributed by atoms with Crippen molar-refractivity contribution in [3.8, 4) is 5.75 Å². The number of phenolic OH excluding ortho intramolecular Hbond substituents is 1. The third-order valence-corrected chi connectivity index (χ3v) is 4.20. The molecule has 0 saturated carbocycles. The molecular formula is C16H26N2O. The van der Waals surface area contributed by atoms with E-state index in [0.29, 0.717) is 11.8 Å². The van der Waals surface area contributed by atoms with Crippen LogP contribution in [0.1, 0.15) is 37.8 Å². The molecule has 0 aromatic heterocycles. The van der Waals surface area contributed by atoms with Gasteiger partial charge in [0, 0.05) is 12.6 Å². The zero-order valence-electron chi connectivity index (χ0n) is 12.1. The average Bonchev–Trinajstić information content (AvgIpc) is 2.43. The largest absolute Gasteiger partial charge is 0.508 e. The van der Waals surface area contributed by atoms with E-state index in [1.165, 1.54) is 24.9 Å². The summed E-state index contributed by atoms with van der Waals surface area (Å²) < 4.78 is 0. The van der Waals surface area contributed by atoms with Crippen molar-refractivity contribution >= 4 is 0 Å². The fourth-order valence-electron chi connectivity index (χ4n) is 3.10.